The molecule has 0 atom stereocenters. The van der Waals surface area contributed by atoms with Gasteiger partial charge in [-0.2, -0.15) is 0 Å². The van der Waals surface area contributed by atoms with E-state index in [9.17, 15) is 0 Å². The lowest BCUT2D eigenvalue weighted by atomic mass is 9.57. The topological polar surface area (TPSA) is 3.24 Å². The highest BCUT2D eigenvalue weighted by atomic mass is 15.1. The maximum absolute atomic E-state index is 2.48. The summed E-state index contributed by atoms with van der Waals surface area (Å²) in [6, 6.07) is 0. The first-order valence-electron chi connectivity index (χ1n) is 7.43. The van der Waals surface area contributed by atoms with E-state index in [0.717, 1.165) is 11.3 Å². The Labute approximate surface area is 104 Å². The van der Waals surface area contributed by atoms with E-state index < -0.39 is 0 Å². The maximum atomic E-state index is 2.48. The monoisotopic (exact) mass is 227 g/mol. The quantitative estimate of drug-likeness (QED) is 0.634. The van der Waals surface area contributed by atoms with Crippen LogP contribution in [0.15, 0.2) is 0 Å². The van der Waals surface area contributed by atoms with Gasteiger partial charge < -0.3 is 4.90 Å². The van der Waals surface area contributed by atoms with E-state index in [1.807, 2.05) is 27.7 Å². The number of likely N-dealkylation sites (tertiary alicyclic amines) is 1. The second-order valence-corrected chi connectivity index (χ2v) is 4.99. The molecule has 1 saturated carbocycles. The summed E-state index contributed by atoms with van der Waals surface area (Å²) in [7, 11) is 2.25. The molecule has 1 aliphatic carbocycles. The van der Waals surface area contributed by atoms with Crippen LogP contribution in [0.5, 0.6) is 0 Å². The molecule has 16 heavy (non-hydrogen) atoms. The molecule has 0 bridgehead atoms. The number of hydrogen-bond donors (Lipinski definition) is 0. The van der Waals surface area contributed by atoms with Gasteiger partial charge in [-0.3, -0.25) is 0 Å². The first-order valence-corrected chi connectivity index (χ1v) is 7.43. The lowest BCUT2D eigenvalue weighted by Gasteiger charge is -2.52. The van der Waals surface area contributed by atoms with Gasteiger partial charge >= 0.3 is 0 Å². The second-order valence-electron chi connectivity index (χ2n) is 4.99. The Morgan fingerprint density at radius 3 is 1.81 bits per heavy atom. The van der Waals surface area contributed by atoms with Crippen molar-refractivity contribution in [3.63, 3.8) is 0 Å². The summed E-state index contributed by atoms with van der Waals surface area (Å²) in [4.78, 5) is 2.48. The molecule has 1 aliphatic heterocycles. The van der Waals surface area contributed by atoms with Gasteiger partial charge in [-0.15, -0.1) is 0 Å². The average Bonchev–Trinajstić information content (AvgIpc) is 2.33. The molecule has 0 aromatic rings. The third-order valence-electron chi connectivity index (χ3n) is 4.07. The van der Waals surface area contributed by atoms with Crippen LogP contribution in [0.2, 0.25) is 0 Å². The molecule has 2 fully saturated rings. The Hall–Kier alpha value is -0.0400. The second kappa shape index (κ2) is 8.11. The van der Waals surface area contributed by atoms with Crippen LogP contribution >= 0.6 is 0 Å². The van der Waals surface area contributed by atoms with Gasteiger partial charge in [-0.1, -0.05) is 41.0 Å². The highest BCUT2D eigenvalue weighted by Gasteiger charge is 2.44. The first-order chi connectivity index (χ1) is 7.74. The summed E-state index contributed by atoms with van der Waals surface area (Å²) < 4.78 is 0. The molecule has 2 rings (SSSR count). The van der Waals surface area contributed by atoms with Crippen molar-refractivity contribution in [1.29, 1.82) is 0 Å². The van der Waals surface area contributed by atoms with Gasteiger partial charge in [0, 0.05) is 0 Å². The lowest BCUT2D eigenvalue weighted by Crippen LogP contribution is -2.45. The highest BCUT2D eigenvalue weighted by molar-refractivity contribution is 4.95. The van der Waals surface area contributed by atoms with Gasteiger partial charge in [0.05, 0.1) is 0 Å². The Morgan fingerprint density at radius 2 is 1.44 bits per heavy atom. The van der Waals surface area contributed by atoms with Crippen molar-refractivity contribution in [3.8, 4) is 0 Å². The van der Waals surface area contributed by atoms with E-state index in [1.54, 1.807) is 0 Å². The molecule has 1 heterocycles. The van der Waals surface area contributed by atoms with Crippen LogP contribution in [0.25, 0.3) is 0 Å². The molecule has 0 unspecified atom stereocenters. The van der Waals surface area contributed by atoms with E-state index in [0.29, 0.717) is 0 Å². The summed E-state index contributed by atoms with van der Waals surface area (Å²) in [5, 5.41) is 0. The van der Waals surface area contributed by atoms with Crippen molar-refractivity contribution in [1.82, 2.24) is 4.90 Å². The fourth-order valence-corrected chi connectivity index (χ4v) is 2.95. The molecule has 1 spiro atoms. The maximum Gasteiger partial charge on any atom is -0.00165 e. The summed E-state index contributed by atoms with van der Waals surface area (Å²) in [6.45, 7) is 13.0. The predicted molar refractivity (Wildman–Crippen MR) is 74.9 cm³/mol. The number of rotatable bonds is 1. The highest BCUT2D eigenvalue weighted by Crippen LogP contribution is 2.53. The van der Waals surface area contributed by atoms with Gasteiger partial charge in [-0.05, 0) is 57.2 Å². The summed E-state index contributed by atoms with van der Waals surface area (Å²) in [5.41, 5.74) is 0.813. The molecule has 0 aromatic carbocycles. The molecule has 0 amide bonds. The third kappa shape index (κ3) is 4.08. The van der Waals surface area contributed by atoms with Crippen molar-refractivity contribution in [2.24, 2.45) is 11.3 Å². The molecule has 2 aliphatic rings. The fourth-order valence-electron chi connectivity index (χ4n) is 2.95. The first kappa shape index (κ1) is 16.0. The molecule has 1 nitrogen and oxygen atoms in total. The largest absolute Gasteiger partial charge is 0.306 e. The SMILES string of the molecule is CC.CC.CCC1CC2(CCN(C)CC2)C1. The Bertz CT molecular complexity index is 141. The van der Waals surface area contributed by atoms with Gasteiger partial charge in [0.15, 0.2) is 0 Å². The van der Waals surface area contributed by atoms with Crippen molar-refractivity contribution in [3.05, 3.63) is 0 Å². The van der Waals surface area contributed by atoms with E-state index in [1.165, 1.54) is 45.2 Å². The van der Waals surface area contributed by atoms with Gasteiger partial charge in [-0.25, -0.2) is 0 Å². The summed E-state index contributed by atoms with van der Waals surface area (Å²) in [6.07, 6.45) is 7.44. The number of hydrogen-bond acceptors (Lipinski definition) is 1. The minimum Gasteiger partial charge on any atom is -0.306 e. The van der Waals surface area contributed by atoms with Crippen molar-refractivity contribution in [2.45, 2.75) is 66.7 Å². The molecule has 0 aromatic heterocycles. The standard InChI is InChI=1S/C11H21N.2C2H6/c1-3-10-8-11(9-10)4-6-12(2)7-5-11;2*1-2/h10H,3-9H2,1-2H3;2*1-2H3. The minimum atomic E-state index is 0.813. The zero-order valence-corrected chi connectivity index (χ0v) is 12.5. The molecule has 98 valence electrons. The van der Waals surface area contributed by atoms with Crippen LogP contribution < -0.4 is 0 Å². The van der Waals surface area contributed by atoms with E-state index >= 15 is 0 Å². The Kier molecular flexibility index (Phi) is 8.09. The zero-order chi connectivity index (χ0) is 12.6. The normalized spacial score (nSPS) is 23.6. The van der Waals surface area contributed by atoms with Crippen LogP contribution in [0.1, 0.15) is 66.7 Å². The average molecular weight is 227 g/mol. The lowest BCUT2D eigenvalue weighted by molar-refractivity contribution is -0.00807. The summed E-state index contributed by atoms with van der Waals surface area (Å²) in [5.74, 6) is 1.08. The van der Waals surface area contributed by atoms with Crippen LogP contribution in [-0.4, -0.2) is 25.0 Å². The minimum absolute atomic E-state index is 0.813. The molecule has 1 saturated heterocycles. The van der Waals surface area contributed by atoms with E-state index in [4.69, 9.17) is 0 Å². The van der Waals surface area contributed by atoms with Crippen LogP contribution in [0.3, 0.4) is 0 Å². The van der Waals surface area contributed by atoms with Crippen LogP contribution in [-0.2, 0) is 0 Å². The van der Waals surface area contributed by atoms with Crippen LogP contribution in [0, 0.1) is 11.3 Å². The van der Waals surface area contributed by atoms with Gasteiger partial charge in [0.2, 0.25) is 0 Å². The summed E-state index contributed by atoms with van der Waals surface area (Å²) >= 11 is 0. The number of piperidine rings is 1. The molecule has 1 heteroatoms. The van der Waals surface area contributed by atoms with Gasteiger partial charge in [0.25, 0.3) is 0 Å². The zero-order valence-electron chi connectivity index (χ0n) is 12.5. The molecule has 0 radical (unpaired) electrons. The smallest absolute Gasteiger partial charge is 0.00165 e. The van der Waals surface area contributed by atoms with Crippen molar-refractivity contribution < 1.29 is 0 Å². The third-order valence-corrected chi connectivity index (χ3v) is 4.07. The predicted octanol–water partition coefficient (Wildman–Crippen LogP) is 4.57. The molecular formula is C15H33N. The van der Waals surface area contributed by atoms with Crippen LogP contribution in [0.4, 0.5) is 0 Å². The Balaban J connectivity index is 0.000000509. The number of nitrogens with zero attached hydrogens (tertiary/aromatic N) is 1. The van der Waals surface area contributed by atoms with Crippen molar-refractivity contribution >= 4 is 0 Å². The molecule has 0 N–H and O–H groups in total. The van der Waals surface area contributed by atoms with Gasteiger partial charge in [0.1, 0.15) is 0 Å². The Morgan fingerprint density at radius 1 is 1.00 bits per heavy atom. The van der Waals surface area contributed by atoms with Crippen molar-refractivity contribution in [2.75, 3.05) is 20.1 Å². The fraction of sp³-hybridized carbons (Fsp3) is 1.00. The van der Waals surface area contributed by atoms with E-state index in [-0.39, 0.29) is 0 Å². The molecular weight excluding hydrogens is 194 g/mol. The van der Waals surface area contributed by atoms with E-state index in [2.05, 4.69) is 18.9 Å².